The second-order valence-corrected chi connectivity index (χ2v) is 13.3. The van der Waals surface area contributed by atoms with Gasteiger partial charge in [-0.3, -0.25) is 30.3 Å². The first-order valence-corrected chi connectivity index (χ1v) is 17.1. The molecule has 4 aromatic carbocycles. The van der Waals surface area contributed by atoms with Gasteiger partial charge in [-0.15, -0.1) is 0 Å². The van der Waals surface area contributed by atoms with E-state index < -0.39 is 6.04 Å². The van der Waals surface area contributed by atoms with Crippen LogP contribution in [0.25, 0.3) is 0 Å². The molecule has 51 heavy (non-hydrogen) atoms. The molecule has 1 atom stereocenters. The van der Waals surface area contributed by atoms with Crippen molar-refractivity contribution in [2.45, 2.75) is 51.1 Å². The highest BCUT2D eigenvalue weighted by Crippen LogP contribution is 2.33. The number of nitrogens with zero attached hydrogens (tertiary/aromatic N) is 3. The zero-order valence-corrected chi connectivity index (χ0v) is 28.8. The Kier molecular flexibility index (Phi) is 10.4. The van der Waals surface area contributed by atoms with E-state index in [2.05, 4.69) is 17.4 Å². The number of carbonyl (C=O) groups is 2. The highest BCUT2D eigenvalue weighted by Gasteiger charge is 2.32. The molecule has 6 rings (SSSR count). The molecule has 11 nitrogen and oxygen atoms in total. The fourth-order valence-corrected chi connectivity index (χ4v) is 6.77. The van der Waals surface area contributed by atoms with Crippen LogP contribution in [0, 0.1) is 10.8 Å². The lowest BCUT2D eigenvalue weighted by Crippen LogP contribution is -2.42. The second kappa shape index (κ2) is 15.1. The molecule has 6 N–H and O–H groups in total. The molecule has 0 spiro atoms. The van der Waals surface area contributed by atoms with Gasteiger partial charge in [0.1, 0.15) is 23.5 Å². The number of aliphatic imine (C=N–C) groups is 1. The number of fused-ring (bicyclic) bond motifs is 1. The van der Waals surface area contributed by atoms with Crippen molar-refractivity contribution in [2.75, 3.05) is 18.0 Å². The number of nitrogens with one attached hydrogen (secondary N) is 3. The van der Waals surface area contributed by atoms with Crippen LogP contribution in [0.2, 0.25) is 5.02 Å². The van der Waals surface area contributed by atoms with Gasteiger partial charge in [0.15, 0.2) is 11.5 Å². The van der Waals surface area contributed by atoms with Gasteiger partial charge in [-0.2, -0.15) is 0 Å². The van der Waals surface area contributed by atoms with Crippen LogP contribution < -0.4 is 10.2 Å². The van der Waals surface area contributed by atoms with Crippen LogP contribution in [0.5, 0.6) is 17.2 Å². The van der Waals surface area contributed by atoms with E-state index in [4.69, 9.17) is 27.4 Å². The van der Waals surface area contributed by atoms with E-state index in [1.807, 2.05) is 17.0 Å². The van der Waals surface area contributed by atoms with E-state index in [-0.39, 0.29) is 66.0 Å². The van der Waals surface area contributed by atoms with Crippen LogP contribution in [-0.2, 0) is 22.6 Å². The van der Waals surface area contributed by atoms with Crippen molar-refractivity contribution >= 4 is 46.5 Å². The molecule has 262 valence electrons. The van der Waals surface area contributed by atoms with Crippen molar-refractivity contribution in [1.29, 1.82) is 10.8 Å². The van der Waals surface area contributed by atoms with Crippen molar-refractivity contribution in [3.63, 3.8) is 0 Å². The Morgan fingerprint density at radius 1 is 0.922 bits per heavy atom. The first-order chi connectivity index (χ1) is 24.5. The minimum Gasteiger partial charge on any atom is -0.508 e. The summed E-state index contributed by atoms with van der Waals surface area (Å²) in [5.41, 5.74) is 4.91. The predicted molar refractivity (Wildman–Crippen MR) is 198 cm³/mol. The minimum absolute atomic E-state index is 0.00880. The van der Waals surface area contributed by atoms with Gasteiger partial charge in [0.05, 0.1) is 24.2 Å². The maximum absolute atomic E-state index is 13.4. The molecule has 1 fully saturated rings. The third-order valence-corrected chi connectivity index (χ3v) is 9.56. The van der Waals surface area contributed by atoms with Gasteiger partial charge >= 0.3 is 0 Å². The maximum Gasteiger partial charge on any atom is 0.226 e. The van der Waals surface area contributed by atoms with Crippen LogP contribution in [0.1, 0.15) is 59.9 Å². The molecule has 0 saturated carbocycles. The number of phenols is 3. The highest BCUT2D eigenvalue weighted by atomic mass is 35.5. The van der Waals surface area contributed by atoms with Crippen LogP contribution in [0.15, 0.2) is 89.9 Å². The fraction of sp³-hybridized carbons (Fsp3) is 0.256. The van der Waals surface area contributed by atoms with Crippen molar-refractivity contribution in [2.24, 2.45) is 4.99 Å². The zero-order valence-electron chi connectivity index (χ0n) is 28.1. The largest absolute Gasteiger partial charge is 0.508 e. The van der Waals surface area contributed by atoms with E-state index in [0.29, 0.717) is 46.2 Å². The summed E-state index contributed by atoms with van der Waals surface area (Å²) in [5.74, 6) is -0.474. The average Bonchev–Trinajstić information content (AvgIpc) is 3.23. The number of benzene rings is 4. The first kappa shape index (κ1) is 35.2. The standard InChI is InChI=1S/C39H39ClN6O5/c1-23(41)46-33-11-10-30(47)20-31(33)38(27-6-8-29(40)9-7-27)44-32(39(46)42)21-36(50)43-22-25-3-2-4-28(17-25)26-13-15-45(16-14-26)37(51)19-24-5-12-34(48)35(49)18-24/h2-12,17-18,20,26,32,41-42,47-49H,13-16,19,21-22H2,1H3,(H,43,50). The van der Waals surface area contributed by atoms with Gasteiger partial charge in [-0.25, -0.2) is 0 Å². The number of amidine groups is 2. The molecular formula is C39H39ClN6O5. The molecule has 2 heterocycles. The van der Waals surface area contributed by atoms with Crippen molar-refractivity contribution in [3.8, 4) is 17.2 Å². The lowest BCUT2D eigenvalue weighted by molar-refractivity contribution is -0.131. The quantitative estimate of drug-likeness (QED) is 0.0732. The van der Waals surface area contributed by atoms with Gasteiger partial charge in [0, 0.05) is 35.8 Å². The Hall–Kier alpha value is -5.68. The summed E-state index contributed by atoms with van der Waals surface area (Å²) < 4.78 is 0. The zero-order chi connectivity index (χ0) is 36.2. The molecule has 1 unspecified atom stereocenters. The molecule has 2 amide bonds. The predicted octanol–water partition coefficient (Wildman–Crippen LogP) is 6.11. The molecule has 12 heteroatoms. The van der Waals surface area contributed by atoms with Crippen LogP contribution in [0.4, 0.5) is 5.69 Å². The Morgan fingerprint density at radius 2 is 1.67 bits per heavy atom. The topological polar surface area (TPSA) is 173 Å². The first-order valence-electron chi connectivity index (χ1n) is 16.7. The van der Waals surface area contributed by atoms with E-state index in [9.17, 15) is 24.9 Å². The molecule has 0 aromatic heterocycles. The third-order valence-electron chi connectivity index (χ3n) is 9.30. The number of anilines is 1. The summed E-state index contributed by atoms with van der Waals surface area (Å²) in [6.07, 6.45) is 1.61. The molecule has 2 aliphatic rings. The smallest absolute Gasteiger partial charge is 0.226 e. The number of amides is 2. The molecule has 0 radical (unpaired) electrons. The average molecular weight is 707 g/mol. The van der Waals surface area contributed by atoms with Crippen molar-refractivity contribution in [1.82, 2.24) is 10.2 Å². The van der Waals surface area contributed by atoms with Gasteiger partial charge in [-0.05, 0) is 84.8 Å². The fourth-order valence-electron chi connectivity index (χ4n) is 6.65. The Labute approximate surface area is 300 Å². The maximum atomic E-state index is 13.4. The number of carbonyl (C=O) groups excluding carboxylic acids is 2. The second-order valence-electron chi connectivity index (χ2n) is 12.9. The lowest BCUT2D eigenvalue weighted by Gasteiger charge is -2.32. The molecular weight excluding hydrogens is 668 g/mol. The molecule has 4 aromatic rings. The number of benzodiazepines with no additional fused rings is 1. The van der Waals surface area contributed by atoms with E-state index >= 15 is 0 Å². The number of aromatic hydroxyl groups is 3. The summed E-state index contributed by atoms with van der Waals surface area (Å²) in [4.78, 5) is 34.5. The Morgan fingerprint density at radius 3 is 2.37 bits per heavy atom. The SMILES string of the molecule is CC(=N)N1C(=N)C(CC(=O)NCc2cccc(C3CCN(C(=O)Cc4ccc(O)c(O)c4)CC3)c2)N=C(c2ccc(Cl)cc2)c2cc(O)ccc21. The van der Waals surface area contributed by atoms with Crippen LogP contribution in [-0.4, -0.2) is 68.5 Å². The minimum atomic E-state index is -0.913. The lowest BCUT2D eigenvalue weighted by atomic mass is 9.88. The number of hydrogen-bond donors (Lipinski definition) is 6. The number of hydrogen-bond acceptors (Lipinski definition) is 8. The Balaban J connectivity index is 1.11. The normalized spacial score (nSPS) is 16.2. The number of likely N-dealkylation sites (tertiary alicyclic amines) is 1. The van der Waals surface area contributed by atoms with Crippen molar-refractivity contribution < 1.29 is 24.9 Å². The third kappa shape index (κ3) is 8.05. The highest BCUT2D eigenvalue weighted by molar-refractivity contribution is 6.31. The number of halogens is 1. The number of phenolic OH excluding ortho intramolecular Hbond substituents is 3. The molecule has 1 saturated heterocycles. The summed E-state index contributed by atoms with van der Waals surface area (Å²) >= 11 is 6.15. The van der Waals surface area contributed by atoms with Crippen molar-refractivity contribution in [3.05, 3.63) is 118 Å². The van der Waals surface area contributed by atoms with Gasteiger partial charge in [-0.1, -0.05) is 54.1 Å². The molecule has 0 bridgehead atoms. The summed E-state index contributed by atoms with van der Waals surface area (Å²) in [5, 5.41) is 50.7. The van der Waals surface area contributed by atoms with E-state index in [1.54, 1.807) is 49.4 Å². The van der Waals surface area contributed by atoms with E-state index in [0.717, 1.165) is 24.0 Å². The van der Waals surface area contributed by atoms with Gasteiger partial charge < -0.3 is 25.5 Å². The van der Waals surface area contributed by atoms with Gasteiger partial charge in [0.2, 0.25) is 11.8 Å². The number of rotatable bonds is 8. The monoisotopic (exact) mass is 706 g/mol. The van der Waals surface area contributed by atoms with Crippen LogP contribution >= 0.6 is 11.6 Å². The van der Waals surface area contributed by atoms with Crippen LogP contribution in [0.3, 0.4) is 0 Å². The number of piperidine rings is 1. The summed E-state index contributed by atoms with van der Waals surface area (Å²) in [6.45, 7) is 3.06. The molecule has 2 aliphatic heterocycles. The Bertz CT molecular complexity index is 2020. The molecule has 0 aliphatic carbocycles. The van der Waals surface area contributed by atoms with E-state index in [1.165, 1.54) is 23.1 Å². The van der Waals surface area contributed by atoms with Gasteiger partial charge in [0.25, 0.3) is 0 Å². The summed E-state index contributed by atoms with van der Waals surface area (Å²) in [7, 11) is 0. The summed E-state index contributed by atoms with van der Waals surface area (Å²) in [6, 6.07) is 23.3.